The van der Waals surface area contributed by atoms with E-state index in [1.807, 2.05) is 29.0 Å². The van der Waals surface area contributed by atoms with Gasteiger partial charge in [0.1, 0.15) is 0 Å². The van der Waals surface area contributed by atoms with Crippen LogP contribution in [0.3, 0.4) is 0 Å². The SMILES string of the molecule is Cc1c(Cc2ccc(-c3cnn(C)c3)cc2)cc2c(c1C)CN(C1CCCCC1O)C2=O. The molecule has 2 heterocycles. The minimum atomic E-state index is -0.402. The van der Waals surface area contributed by atoms with E-state index in [0.29, 0.717) is 6.54 Å². The normalized spacial score (nSPS) is 20.6. The summed E-state index contributed by atoms with van der Waals surface area (Å²) in [4.78, 5) is 15.2. The number of aryl methyl sites for hydroxylation is 1. The van der Waals surface area contributed by atoms with Gasteiger partial charge in [-0.15, -0.1) is 0 Å². The van der Waals surface area contributed by atoms with E-state index in [0.717, 1.165) is 54.4 Å². The predicted octanol–water partition coefficient (Wildman–Crippen LogP) is 4.55. The standard InChI is InChI=1S/C27H31N3O2/c1-17-18(2)24-16-30(25-6-4-5-7-26(25)31)27(32)23(24)13-21(17)12-19-8-10-20(11-9-19)22-14-28-29(3)15-22/h8-11,13-15,25-26,31H,4-7,12,16H2,1-3H3. The number of benzene rings is 2. The maximum Gasteiger partial charge on any atom is 0.254 e. The summed E-state index contributed by atoms with van der Waals surface area (Å²) >= 11 is 0. The first-order valence-corrected chi connectivity index (χ1v) is 11.6. The minimum absolute atomic E-state index is 0.0492. The van der Waals surface area contributed by atoms with E-state index in [-0.39, 0.29) is 11.9 Å². The van der Waals surface area contributed by atoms with Gasteiger partial charge in [-0.2, -0.15) is 5.10 Å². The number of nitrogens with zero attached hydrogens (tertiary/aromatic N) is 3. The Bertz CT molecular complexity index is 1160. The molecule has 1 N–H and O–H groups in total. The number of aliphatic hydroxyl groups is 1. The van der Waals surface area contributed by atoms with Crippen LogP contribution in [0.25, 0.3) is 11.1 Å². The van der Waals surface area contributed by atoms with Crippen molar-refractivity contribution in [3.05, 3.63) is 76.1 Å². The van der Waals surface area contributed by atoms with Gasteiger partial charge in [0, 0.05) is 30.9 Å². The van der Waals surface area contributed by atoms with Crippen molar-refractivity contribution in [1.82, 2.24) is 14.7 Å². The van der Waals surface area contributed by atoms with E-state index in [4.69, 9.17) is 0 Å². The fourth-order valence-electron chi connectivity index (χ4n) is 5.34. The molecule has 2 aromatic carbocycles. The molecule has 1 aromatic heterocycles. The molecule has 2 atom stereocenters. The van der Waals surface area contributed by atoms with Crippen LogP contribution in [0, 0.1) is 13.8 Å². The molecule has 166 valence electrons. The van der Waals surface area contributed by atoms with Crippen molar-refractivity contribution in [2.24, 2.45) is 7.05 Å². The summed E-state index contributed by atoms with van der Waals surface area (Å²) in [6.45, 7) is 4.93. The highest BCUT2D eigenvalue weighted by molar-refractivity contribution is 5.99. The second-order valence-corrected chi connectivity index (χ2v) is 9.44. The number of aliphatic hydroxyl groups excluding tert-OH is 1. The number of hydrogen-bond donors (Lipinski definition) is 1. The maximum atomic E-state index is 13.3. The third kappa shape index (κ3) is 3.65. The van der Waals surface area contributed by atoms with Crippen LogP contribution in [0.1, 0.15) is 63.9 Å². The quantitative estimate of drug-likeness (QED) is 0.662. The predicted molar refractivity (Wildman–Crippen MR) is 126 cm³/mol. The Kier molecular flexibility index (Phi) is 5.38. The highest BCUT2D eigenvalue weighted by atomic mass is 16.3. The van der Waals surface area contributed by atoms with Crippen molar-refractivity contribution in [1.29, 1.82) is 0 Å². The van der Waals surface area contributed by atoms with Crippen LogP contribution in [-0.2, 0) is 20.0 Å². The zero-order valence-electron chi connectivity index (χ0n) is 19.1. The number of hydrogen-bond acceptors (Lipinski definition) is 3. The summed E-state index contributed by atoms with van der Waals surface area (Å²) < 4.78 is 1.81. The molecule has 1 saturated carbocycles. The van der Waals surface area contributed by atoms with Crippen LogP contribution in [-0.4, -0.2) is 37.8 Å². The summed E-state index contributed by atoms with van der Waals surface area (Å²) in [5, 5.41) is 14.8. The first-order valence-electron chi connectivity index (χ1n) is 11.6. The van der Waals surface area contributed by atoms with Crippen LogP contribution < -0.4 is 0 Å². The zero-order chi connectivity index (χ0) is 22.4. The molecule has 5 nitrogen and oxygen atoms in total. The largest absolute Gasteiger partial charge is 0.391 e. The van der Waals surface area contributed by atoms with Crippen LogP contribution >= 0.6 is 0 Å². The summed E-state index contributed by atoms with van der Waals surface area (Å²) in [6.07, 6.45) is 8.12. The molecule has 1 amide bonds. The molecule has 0 spiro atoms. The Morgan fingerprint density at radius 3 is 2.50 bits per heavy atom. The van der Waals surface area contributed by atoms with Crippen molar-refractivity contribution in [3.8, 4) is 11.1 Å². The third-order valence-corrected chi connectivity index (χ3v) is 7.44. The lowest BCUT2D eigenvalue weighted by molar-refractivity contribution is 0.0191. The number of carbonyl (C=O) groups is 1. The summed E-state index contributed by atoms with van der Waals surface area (Å²) in [6, 6.07) is 10.7. The van der Waals surface area contributed by atoms with Gasteiger partial charge in [-0.25, -0.2) is 0 Å². The molecule has 2 unspecified atom stereocenters. The van der Waals surface area contributed by atoms with Crippen molar-refractivity contribution < 1.29 is 9.90 Å². The number of aromatic nitrogens is 2. The molecule has 2 aliphatic rings. The van der Waals surface area contributed by atoms with Gasteiger partial charge in [0.2, 0.25) is 0 Å². The molecule has 5 heteroatoms. The average Bonchev–Trinajstić information content (AvgIpc) is 3.36. The monoisotopic (exact) mass is 429 g/mol. The van der Waals surface area contributed by atoms with Crippen molar-refractivity contribution in [2.45, 2.75) is 64.6 Å². The smallest absolute Gasteiger partial charge is 0.254 e. The molecule has 5 rings (SSSR count). The molecule has 1 fully saturated rings. The minimum Gasteiger partial charge on any atom is -0.391 e. The average molecular weight is 430 g/mol. The van der Waals surface area contributed by atoms with Crippen molar-refractivity contribution >= 4 is 5.91 Å². The number of rotatable bonds is 4. The third-order valence-electron chi connectivity index (χ3n) is 7.44. The Balaban J connectivity index is 1.40. The van der Waals surface area contributed by atoms with Crippen LogP contribution in [0.5, 0.6) is 0 Å². The van der Waals surface area contributed by atoms with Gasteiger partial charge in [0.15, 0.2) is 0 Å². The van der Waals surface area contributed by atoms with E-state index < -0.39 is 6.10 Å². The van der Waals surface area contributed by atoms with Gasteiger partial charge in [-0.1, -0.05) is 37.1 Å². The van der Waals surface area contributed by atoms with Crippen molar-refractivity contribution in [2.75, 3.05) is 0 Å². The molecule has 32 heavy (non-hydrogen) atoms. The summed E-state index contributed by atoms with van der Waals surface area (Å²) in [7, 11) is 1.92. The fourth-order valence-corrected chi connectivity index (χ4v) is 5.34. The van der Waals surface area contributed by atoms with Gasteiger partial charge < -0.3 is 10.0 Å². The second-order valence-electron chi connectivity index (χ2n) is 9.44. The van der Waals surface area contributed by atoms with Gasteiger partial charge in [0.05, 0.1) is 18.3 Å². The topological polar surface area (TPSA) is 58.4 Å². The van der Waals surface area contributed by atoms with Crippen LogP contribution in [0.15, 0.2) is 42.7 Å². The zero-order valence-corrected chi connectivity index (χ0v) is 19.1. The van der Waals surface area contributed by atoms with E-state index in [2.05, 4.69) is 49.3 Å². The summed E-state index contributed by atoms with van der Waals surface area (Å²) in [5.41, 5.74) is 9.14. The van der Waals surface area contributed by atoms with Crippen LogP contribution in [0.2, 0.25) is 0 Å². The summed E-state index contributed by atoms with van der Waals surface area (Å²) in [5.74, 6) is 0.0854. The second kappa shape index (κ2) is 8.21. The molecule has 0 radical (unpaired) electrons. The van der Waals surface area contributed by atoms with E-state index >= 15 is 0 Å². The van der Waals surface area contributed by atoms with E-state index in [1.165, 1.54) is 22.3 Å². The molecule has 0 bridgehead atoms. The van der Waals surface area contributed by atoms with Gasteiger partial charge in [0.25, 0.3) is 5.91 Å². The van der Waals surface area contributed by atoms with Gasteiger partial charge in [-0.05, 0) is 72.6 Å². The number of fused-ring (bicyclic) bond motifs is 1. The lowest BCUT2D eigenvalue weighted by Gasteiger charge is -2.35. The first kappa shape index (κ1) is 21.0. The van der Waals surface area contributed by atoms with E-state index in [9.17, 15) is 9.90 Å². The van der Waals surface area contributed by atoms with E-state index in [1.54, 1.807) is 0 Å². The number of carbonyl (C=O) groups excluding carboxylic acids is 1. The first-order chi connectivity index (χ1) is 15.4. The molecule has 1 aliphatic heterocycles. The van der Waals surface area contributed by atoms with Crippen molar-refractivity contribution in [3.63, 3.8) is 0 Å². The Labute approximate surface area is 189 Å². The molecular formula is C27H31N3O2. The highest BCUT2D eigenvalue weighted by Gasteiger charge is 2.38. The lowest BCUT2D eigenvalue weighted by atomic mass is 9.91. The number of amides is 1. The van der Waals surface area contributed by atoms with Crippen LogP contribution in [0.4, 0.5) is 0 Å². The molecule has 3 aromatic rings. The Hall–Kier alpha value is -2.92. The Morgan fingerprint density at radius 2 is 1.81 bits per heavy atom. The van der Waals surface area contributed by atoms with Gasteiger partial charge in [-0.3, -0.25) is 9.48 Å². The fraction of sp³-hybridized carbons (Fsp3) is 0.407. The lowest BCUT2D eigenvalue weighted by Crippen LogP contribution is -2.45. The maximum absolute atomic E-state index is 13.3. The highest BCUT2D eigenvalue weighted by Crippen LogP contribution is 2.35. The molecule has 0 saturated heterocycles. The van der Waals surface area contributed by atoms with Gasteiger partial charge >= 0.3 is 0 Å². The molecule has 1 aliphatic carbocycles. The Morgan fingerprint density at radius 1 is 1.06 bits per heavy atom. The molecular weight excluding hydrogens is 398 g/mol.